The van der Waals surface area contributed by atoms with Crippen LogP contribution in [0.25, 0.3) is 0 Å². The summed E-state index contributed by atoms with van der Waals surface area (Å²) >= 11 is 3.42. The maximum absolute atomic E-state index is 12.7. The number of morpholine rings is 1. The van der Waals surface area contributed by atoms with Gasteiger partial charge < -0.3 is 9.64 Å². The maximum Gasteiger partial charge on any atom is 0.232 e. The van der Waals surface area contributed by atoms with E-state index in [1.807, 2.05) is 49.1 Å². The van der Waals surface area contributed by atoms with Crippen molar-refractivity contribution in [2.75, 3.05) is 25.0 Å². The van der Waals surface area contributed by atoms with Gasteiger partial charge in [0.1, 0.15) is 0 Å². The highest BCUT2D eigenvalue weighted by Gasteiger charge is 2.35. The second kappa shape index (κ2) is 6.06. The molecule has 4 heteroatoms. The van der Waals surface area contributed by atoms with E-state index in [0.717, 1.165) is 10.9 Å². The molecule has 0 spiro atoms. The van der Waals surface area contributed by atoms with E-state index in [1.165, 1.54) is 0 Å². The summed E-state index contributed by atoms with van der Waals surface area (Å²) in [7, 11) is 0. The second-order valence-electron chi connectivity index (χ2n) is 5.39. The van der Waals surface area contributed by atoms with Crippen molar-refractivity contribution in [3.8, 4) is 0 Å². The molecule has 1 unspecified atom stereocenters. The molecule has 0 radical (unpaired) electrons. The average molecular weight is 326 g/mol. The number of carbonyl (C=O) groups excluding carboxylic acids is 1. The van der Waals surface area contributed by atoms with Crippen molar-refractivity contribution in [3.05, 3.63) is 35.9 Å². The fraction of sp³-hybridized carbons (Fsp3) is 0.533. The first kappa shape index (κ1) is 14.5. The van der Waals surface area contributed by atoms with Crippen LogP contribution in [0.3, 0.4) is 0 Å². The second-order valence-corrected chi connectivity index (χ2v) is 6.04. The van der Waals surface area contributed by atoms with Gasteiger partial charge >= 0.3 is 0 Å². The summed E-state index contributed by atoms with van der Waals surface area (Å²) < 4.78 is 5.59. The van der Waals surface area contributed by atoms with Crippen LogP contribution in [0, 0.1) is 0 Å². The highest BCUT2D eigenvalue weighted by atomic mass is 79.9. The van der Waals surface area contributed by atoms with E-state index in [9.17, 15) is 4.79 Å². The molecule has 1 aromatic rings. The molecular formula is C15H20BrNO2. The first-order valence-electron chi connectivity index (χ1n) is 6.58. The molecule has 0 bridgehead atoms. The van der Waals surface area contributed by atoms with Crippen LogP contribution in [0.15, 0.2) is 30.3 Å². The van der Waals surface area contributed by atoms with E-state index in [-0.39, 0.29) is 12.0 Å². The zero-order valence-corrected chi connectivity index (χ0v) is 13.0. The molecule has 0 N–H and O–H groups in total. The summed E-state index contributed by atoms with van der Waals surface area (Å²) in [4.78, 5) is 14.7. The topological polar surface area (TPSA) is 29.5 Å². The molecular weight excluding hydrogens is 306 g/mol. The Morgan fingerprint density at radius 3 is 2.74 bits per heavy atom. The summed E-state index contributed by atoms with van der Waals surface area (Å²) in [5, 5.41) is 0.766. The Kier molecular flexibility index (Phi) is 4.63. The van der Waals surface area contributed by atoms with Crippen LogP contribution in [-0.4, -0.2) is 41.9 Å². The van der Waals surface area contributed by atoms with Crippen molar-refractivity contribution in [1.29, 1.82) is 0 Å². The lowest BCUT2D eigenvalue weighted by atomic mass is 9.83. The number of nitrogens with zero attached hydrogens (tertiary/aromatic N) is 1. The number of halogens is 1. The molecule has 19 heavy (non-hydrogen) atoms. The van der Waals surface area contributed by atoms with Crippen LogP contribution in [0.4, 0.5) is 0 Å². The van der Waals surface area contributed by atoms with Gasteiger partial charge in [-0.15, -0.1) is 0 Å². The van der Waals surface area contributed by atoms with Crippen molar-refractivity contribution in [1.82, 2.24) is 4.90 Å². The lowest BCUT2D eigenvalue weighted by Crippen LogP contribution is -2.51. The van der Waals surface area contributed by atoms with Crippen LogP contribution < -0.4 is 0 Å². The third-order valence-electron chi connectivity index (χ3n) is 3.63. The minimum Gasteiger partial charge on any atom is -0.374 e. The SMILES string of the molecule is CC(C)(C(=O)N1CCOC(CBr)C1)c1ccccc1. The molecule has 1 heterocycles. The van der Waals surface area contributed by atoms with Crippen LogP contribution in [0.5, 0.6) is 0 Å². The van der Waals surface area contributed by atoms with Crippen molar-refractivity contribution < 1.29 is 9.53 Å². The van der Waals surface area contributed by atoms with E-state index in [0.29, 0.717) is 19.7 Å². The summed E-state index contributed by atoms with van der Waals surface area (Å²) in [5.74, 6) is 0.174. The molecule has 1 aliphatic heterocycles. The van der Waals surface area contributed by atoms with E-state index in [1.54, 1.807) is 0 Å². The predicted molar refractivity (Wildman–Crippen MR) is 79.6 cm³/mol. The van der Waals surface area contributed by atoms with Crippen molar-refractivity contribution in [3.63, 3.8) is 0 Å². The van der Waals surface area contributed by atoms with E-state index in [4.69, 9.17) is 4.74 Å². The van der Waals surface area contributed by atoms with Gasteiger partial charge in [0.15, 0.2) is 0 Å². The molecule has 1 fully saturated rings. The van der Waals surface area contributed by atoms with Crippen LogP contribution >= 0.6 is 15.9 Å². The summed E-state index contributed by atoms with van der Waals surface area (Å²) in [6, 6.07) is 9.95. The third-order valence-corrected chi connectivity index (χ3v) is 4.35. The fourth-order valence-electron chi connectivity index (χ4n) is 2.37. The van der Waals surface area contributed by atoms with Gasteiger partial charge in [-0.3, -0.25) is 4.79 Å². The highest BCUT2D eigenvalue weighted by Crippen LogP contribution is 2.26. The third kappa shape index (κ3) is 3.18. The first-order chi connectivity index (χ1) is 9.05. The number of hydrogen-bond acceptors (Lipinski definition) is 2. The molecule has 1 atom stereocenters. The summed E-state index contributed by atoms with van der Waals surface area (Å²) in [6.45, 7) is 5.94. The van der Waals surface area contributed by atoms with E-state index >= 15 is 0 Å². The number of rotatable bonds is 3. The van der Waals surface area contributed by atoms with Gasteiger partial charge in [-0.2, -0.15) is 0 Å². The molecule has 0 aromatic heterocycles. The summed E-state index contributed by atoms with van der Waals surface area (Å²) in [6.07, 6.45) is 0.101. The molecule has 104 valence electrons. The Morgan fingerprint density at radius 1 is 1.42 bits per heavy atom. The molecule has 1 aromatic carbocycles. The monoisotopic (exact) mass is 325 g/mol. The van der Waals surface area contributed by atoms with Gasteiger partial charge in [0.2, 0.25) is 5.91 Å². The number of ether oxygens (including phenoxy) is 1. The quantitative estimate of drug-likeness (QED) is 0.799. The molecule has 0 saturated carbocycles. The van der Waals surface area contributed by atoms with E-state index in [2.05, 4.69) is 15.9 Å². The Bertz CT molecular complexity index is 433. The van der Waals surface area contributed by atoms with Crippen LogP contribution in [0.1, 0.15) is 19.4 Å². The zero-order valence-electron chi connectivity index (χ0n) is 11.4. The number of carbonyl (C=O) groups is 1. The Labute approximate surface area is 123 Å². The fourth-order valence-corrected chi connectivity index (χ4v) is 2.76. The number of hydrogen-bond donors (Lipinski definition) is 0. The van der Waals surface area contributed by atoms with Gasteiger partial charge in [0.05, 0.1) is 18.1 Å². The molecule has 2 rings (SSSR count). The predicted octanol–water partition coefficient (Wildman–Crippen LogP) is 2.59. The maximum atomic E-state index is 12.7. The Hall–Kier alpha value is -0.870. The largest absolute Gasteiger partial charge is 0.374 e. The van der Waals surface area contributed by atoms with Gasteiger partial charge in [-0.1, -0.05) is 46.3 Å². The molecule has 3 nitrogen and oxygen atoms in total. The zero-order chi connectivity index (χ0) is 13.9. The van der Waals surface area contributed by atoms with E-state index < -0.39 is 5.41 Å². The molecule has 1 saturated heterocycles. The Balaban J connectivity index is 2.14. The smallest absolute Gasteiger partial charge is 0.232 e. The first-order valence-corrected chi connectivity index (χ1v) is 7.70. The highest BCUT2D eigenvalue weighted by molar-refractivity contribution is 9.09. The van der Waals surface area contributed by atoms with Gasteiger partial charge in [0, 0.05) is 18.4 Å². The number of amides is 1. The van der Waals surface area contributed by atoms with Crippen molar-refractivity contribution in [2.45, 2.75) is 25.4 Å². The summed E-state index contributed by atoms with van der Waals surface area (Å²) in [5.41, 5.74) is 0.567. The van der Waals surface area contributed by atoms with Crippen LogP contribution in [0.2, 0.25) is 0 Å². The van der Waals surface area contributed by atoms with Crippen molar-refractivity contribution in [2.24, 2.45) is 0 Å². The molecule has 1 aliphatic rings. The average Bonchev–Trinajstić information content (AvgIpc) is 2.47. The number of benzene rings is 1. The minimum absolute atomic E-state index is 0.101. The standard InChI is InChI=1S/C15H20BrNO2/c1-15(2,12-6-4-3-5-7-12)14(18)17-8-9-19-13(10-16)11-17/h3-7,13H,8-11H2,1-2H3. The van der Waals surface area contributed by atoms with Crippen LogP contribution in [-0.2, 0) is 14.9 Å². The van der Waals surface area contributed by atoms with Crippen molar-refractivity contribution >= 4 is 21.8 Å². The number of alkyl halides is 1. The Morgan fingerprint density at radius 2 is 2.11 bits per heavy atom. The van der Waals surface area contributed by atoms with Gasteiger partial charge in [-0.25, -0.2) is 0 Å². The minimum atomic E-state index is -0.491. The normalized spacial score (nSPS) is 20.4. The lowest BCUT2D eigenvalue weighted by molar-refractivity contribution is -0.143. The van der Waals surface area contributed by atoms with Gasteiger partial charge in [-0.05, 0) is 19.4 Å². The molecule has 0 aliphatic carbocycles. The lowest BCUT2D eigenvalue weighted by Gasteiger charge is -2.37. The van der Waals surface area contributed by atoms with Gasteiger partial charge in [0.25, 0.3) is 0 Å². The molecule has 1 amide bonds.